The number of aryl methyl sites for hydroxylation is 1. The molecule has 0 spiro atoms. The first-order chi connectivity index (χ1) is 12.3. The highest BCUT2D eigenvalue weighted by Crippen LogP contribution is 2.42. The average molecular weight is 351 g/mol. The van der Waals surface area contributed by atoms with Crippen molar-refractivity contribution in [2.45, 2.75) is 39.7 Å². The monoisotopic (exact) mass is 351 g/mol. The number of para-hydroxylation sites is 1. The summed E-state index contributed by atoms with van der Waals surface area (Å²) in [7, 11) is 0. The molecule has 3 aromatic rings. The third-order valence-corrected chi connectivity index (χ3v) is 5.04. The van der Waals surface area contributed by atoms with Gasteiger partial charge in [-0.3, -0.25) is 4.79 Å². The number of hydrogen-bond donors (Lipinski definition) is 1. The summed E-state index contributed by atoms with van der Waals surface area (Å²) in [6.45, 7) is 6.28. The predicted molar refractivity (Wildman–Crippen MR) is 98.2 cm³/mol. The molecule has 1 unspecified atom stereocenters. The van der Waals surface area contributed by atoms with E-state index in [0.29, 0.717) is 5.58 Å². The number of furan rings is 1. The zero-order valence-electron chi connectivity index (χ0n) is 15.1. The fraction of sp³-hybridized carbons (Fsp3) is 0.333. The van der Waals surface area contributed by atoms with Crippen molar-refractivity contribution < 1.29 is 13.6 Å². The summed E-state index contributed by atoms with van der Waals surface area (Å²) >= 11 is 0. The van der Waals surface area contributed by atoms with Crippen LogP contribution >= 0.6 is 0 Å². The van der Waals surface area contributed by atoms with Crippen LogP contribution in [0.5, 0.6) is 0 Å². The molecule has 2 heterocycles. The molecule has 2 aromatic heterocycles. The van der Waals surface area contributed by atoms with Gasteiger partial charge in [0.05, 0.1) is 12.3 Å². The van der Waals surface area contributed by atoms with Crippen LogP contribution < -0.4 is 10.9 Å². The summed E-state index contributed by atoms with van der Waals surface area (Å²) in [5.41, 5.74) is 1.92. The van der Waals surface area contributed by atoms with Crippen molar-refractivity contribution in [1.82, 2.24) is 5.32 Å². The smallest absolute Gasteiger partial charge is 0.349 e. The number of hydrogen-bond acceptors (Lipinski definition) is 4. The molecule has 1 aromatic carbocycles. The molecule has 0 saturated heterocycles. The van der Waals surface area contributed by atoms with Gasteiger partial charge in [-0.1, -0.05) is 32.0 Å². The van der Waals surface area contributed by atoms with E-state index in [-0.39, 0.29) is 17.0 Å². The van der Waals surface area contributed by atoms with E-state index in [9.17, 15) is 9.59 Å². The minimum absolute atomic E-state index is 0.00327. The highest BCUT2D eigenvalue weighted by Gasteiger charge is 2.36. The van der Waals surface area contributed by atoms with Gasteiger partial charge in [-0.2, -0.15) is 0 Å². The molecule has 0 radical (unpaired) electrons. The van der Waals surface area contributed by atoms with E-state index in [1.54, 1.807) is 24.5 Å². The Balaban J connectivity index is 1.69. The molecular formula is C21H21NO4. The van der Waals surface area contributed by atoms with Gasteiger partial charge in [-0.25, -0.2) is 4.79 Å². The second-order valence-corrected chi connectivity index (χ2v) is 7.81. The van der Waals surface area contributed by atoms with Crippen molar-refractivity contribution in [3.8, 4) is 0 Å². The molecule has 1 N–H and O–H groups in total. The largest absolute Gasteiger partial charge is 0.469 e. The lowest BCUT2D eigenvalue weighted by Crippen LogP contribution is -2.37. The maximum atomic E-state index is 12.8. The third-order valence-electron chi connectivity index (χ3n) is 5.04. The Labute approximate surface area is 151 Å². The van der Waals surface area contributed by atoms with Crippen molar-refractivity contribution in [2.75, 3.05) is 0 Å². The minimum Gasteiger partial charge on any atom is -0.469 e. The molecule has 1 amide bonds. The molecule has 5 nitrogen and oxygen atoms in total. The van der Waals surface area contributed by atoms with Crippen LogP contribution in [-0.2, 0) is 6.42 Å². The minimum atomic E-state index is -0.625. The normalized spacial score (nSPS) is 18.5. The van der Waals surface area contributed by atoms with Crippen LogP contribution in [0.25, 0.3) is 11.0 Å². The Morgan fingerprint density at radius 3 is 2.85 bits per heavy atom. The van der Waals surface area contributed by atoms with E-state index in [0.717, 1.165) is 35.1 Å². The van der Waals surface area contributed by atoms with Gasteiger partial charge >= 0.3 is 5.63 Å². The second-order valence-electron chi connectivity index (χ2n) is 7.81. The van der Waals surface area contributed by atoms with Gasteiger partial charge < -0.3 is 14.2 Å². The first-order valence-corrected chi connectivity index (χ1v) is 8.75. The van der Waals surface area contributed by atoms with E-state index in [4.69, 9.17) is 8.83 Å². The van der Waals surface area contributed by atoms with Crippen molar-refractivity contribution in [3.05, 3.63) is 69.5 Å². The fourth-order valence-electron chi connectivity index (χ4n) is 3.85. The maximum Gasteiger partial charge on any atom is 0.349 e. The lowest BCUT2D eigenvalue weighted by molar-refractivity contribution is 0.0913. The summed E-state index contributed by atoms with van der Waals surface area (Å²) in [6, 6.07) is 8.56. The summed E-state index contributed by atoms with van der Waals surface area (Å²) in [5.74, 6) is 0.494. The Kier molecular flexibility index (Phi) is 3.75. The van der Waals surface area contributed by atoms with Gasteiger partial charge in [0.2, 0.25) is 0 Å². The summed E-state index contributed by atoms with van der Waals surface area (Å²) in [6.07, 6.45) is 3.35. The zero-order chi connectivity index (χ0) is 18.5. The van der Waals surface area contributed by atoms with Crippen molar-refractivity contribution >= 4 is 16.9 Å². The van der Waals surface area contributed by atoms with Crippen LogP contribution in [0.4, 0.5) is 0 Å². The number of rotatable bonds is 2. The standard InChI is InChI=1S/C21H21NO4/c1-12-11-25-17-10-21(2,3)9-15(18(12)17)22-19(23)14-8-13-6-4-5-7-16(13)26-20(14)24/h4-8,11,15H,9-10H2,1-3H3,(H,22,23). The third kappa shape index (κ3) is 2.83. The Morgan fingerprint density at radius 1 is 1.27 bits per heavy atom. The van der Waals surface area contributed by atoms with Crippen LogP contribution in [-0.4, -0.2) is 5.91 Å². The Morgan fingerprint density at radius 2 is 2.04 bits per heavy atom. The molecule has 0 aliphatic heterocycles. The molecule has 26 heavy (non-hydrogen) atoms. The van der Waals surface area contributed by atoms with Crippen molar-refractivity contribution in [2.24, 2.45) is 5.41 Å². The van der Waals surface area contributed by atoms with Crippen LogP contribution in [0.3, 0.4) is 0 Å². The maximum absolute atomic E-state index is 12.8. The number of benzene rings is 1. The lowest BCUT2D eigenvalue weighted by Gasteiger charge is -2.35. The molecule has 5 heteroatoms. The highest BCUT2D eigenvalue weighted by atomic mass is 16.4. The van der Waals surface area contributed by atoms with E-state index in [1.807, 2.05) is 19.1 Å². The number of carbonyl (C=O) groups excluding carboxylic acids is 1. The van der Waals surface area contributed by atoms with Crippen molar-refractivity contribution in [1.29, 1.82) is 0 Å². The quantitative estimate of drug-likeness (QED) is 0.704. The number of fused-ring (bicyclic) bond motifs is 2. The van der Waals surface area contributed by atoms with Crippen molar-refractivity contribution in [3.63, 3.8) is 0 Å². The summed E-state index contributed by atoms with van der Waals surface area (Å²) in [5, 5.41) is 3.74. The van der Waals surface area contributed by atoms with Crippen LogP contribution in [0.2, 0.25) is 0 Å². The topological polar surface area (TPSA) is 72.5 Å². The zero-order valence-corrected chi connectivity index (χ0v) is 15.1. The van der Waals surface area contributed by atoms with Gasteiger partial charge in [-0.05, 0) is 36.5 Å². The van der Waals surface area contributed by atoms with E-state index in [2.05, 4.69) is 19.2 Å². The number of nitrogens with one attached hydrogen (secondary N) is 1. The van der Waals surface area contributed by atoms with E-state index < -0.39 is 11.5 Å². The van der Waals surface area contributed by atoms with E-state index >= 15 is 0 Å². The molecule has 0 bridgehead atoms. The SMILES string of the molecule is Cc1coc2c1C(NC(=O)c1cc3ccccc3oc1=O)CC(C)(C)C2. The first kappa shape index (κ1) is 16.6. The Bertz CT molecular complexity index is 1060. The Hall–Kier alpha value is -2.82. The predicted octanol–water partition coefficient (Wildman–Crippen LogP) is 4.14. The van der Waals surface area contributed by atoms with Crippen LogP contribution in [0.15, 0.2) is 50.2 Å². The molecular weight excluding hydrogens is 330 g/mol. The molecule has 0 fully saturated rings. The fourth-order valence-corrected chi connectivity index (χ4v) is 3.85. The average Bonchev–Trinajstić information content (AvgIpc) is 2.93. The van der Waals surface area contributed by atoms with Gasteiger partial charge in [0, 0.05) is 17.4 Å². The molecule has 1 aliphatic carbocycles. The first-order valence-electron chi connectivity index (χ1n) is 8.75. The molecule has 134 valence electrons. The number of carbonyl (C=O) groups is 1. The molecule has 4 rings (SSSR count). The van der Waals surface area contributed by atoms with Gasteiger partial charge in [0.1, 0.15) is 16.9 Å². The van der Waals surface area contributed by atoms with Gasteiger partial charge in [-0.15, -0.1) is 0 Å². The lowest BCUT2D eigenvalue weighted by atomic mass is 9.74. The van der Waals surface area contributed by atoms with Gasteiger partial charge in [0.25, 0.3) is 5.91 Å². The summed E-state index contributed by atoms with van der Waals surface area (Å²) in [4.78, 5) is 25.1. The number of amides is 1. The molecule has 0 saturated carbocycles. The molecule has 1 atom stereocenters. The van der Waals surface area contributed by atoms with Gasteiger partial charge in [0.15, 0.2) is 0 Å². The highest BCUT2D eigenvalue weighted by molar-refractivity contribution is 5.96. The van der Waals surface area contributed by atoms with E-state index in [1.165, 1.54) is 0 Å². The second kappa shape index (κ2) is 5.87. The van der Waals surface area contributed by atoms with Crippen LogP contribution in [0, 0.1) is 12.3 Å². The summed E-state index contributed by atoms with van der Waals surface area (Å²) < 4.78 is 11.0. The van der Waals surface area contributed by atoms with Crippen LogP contribution in [0.1, 0.15) is 53.6 Å². The molecule has 1 aliphatic rings.